The van der Waals surface area contributed by atoms with Gasteiger partial charge in [0, 0.05) is 5.92 Å². The van der Waals surface area contributed by atoms with E-state index in [2.05, 4.69) is 4.72 Å². The SMILES string of the molecule is CC[C@H](C)CS(=O)(=O)NC(=O)C1CC1. The first kappa shape index (κ1) is 11.5. The maximum atomic E-state index is 11.4. The van der Waals surface area contributed by atoms with Crippen LogP contribution in [0.15, 0.2) is 0 Å². The van der Waals surface area contributed by atoms with Crippen LogP contribution in [0.25, 0.3) is 0 Å². The molecule has 0 radical (unpaired) electrons. The van der Waals surface area contributed by atoms with Crippen LogP contribution in [0.4, 0.5) is 0 Å². The quantitative estimate of drug-likeness (QED) is 0.747. The Morgan fingerprint density at radius 3 is 2.50 bits per heavy atom. The zero-order valence-electron chi connectivity index (χ0n) is 8.62. The molecule has 82 valence electrons. The Balaban J connectivity index is 2.44. The van der Waals surface area contributed by atoms with Crippen LogP contribution in [-0.4, -0.2) is 20.1 Å². The van der Waals surface area contributed by atoms with Crippen LogP contribution in [-0.2, 0) is 14.8 Å². The molecule has 0 aliphatic heterocycles. The molecule has 1 saturated carbocycles. The Bertz CT molecular complexity index is 306. The zero-order chi connectivity index (χ0) is 10.8. The molecule has 0 unspecified atom stereocenters. The topological polar surface area (TPSA) is 63.2 Å². The second kappa shape index (κ2) is 4.29. The van der Waals surface area contributed by atoms with E-state index in [-0.39, 0.29) is 23.5 Å². The van der Waals surface area contributed by atoms with Gasteiger partial charge in [0.15, 0.2) is 0 Å². The van der Waals surface area contributed by atoms with Gasteiger partial charge in [-0.3, -0.25) is 9.52 Å². The minimum Gasteiger partial charge on any atom is -0.274 e. The van der Waals surface area contributed by atoms with E-state index in [1.807, 2.05) is 13.8 Å². The van der Waals surface area contributed by atoms with Crippen molar-refractivity contribution in [1.29, 1.82) is 0 Å². The first-order valence-corrected chi connectivity index (χ1v) is 6.64. The van der Waals surface area contributed by atoms with Gasteiger partial charge in [-0.1, -0.05) is 20.3 Å². The number of nitrogens with one attached hydrogen (secondary N) is 1. The van der Waals surface area contributed by atoms with E-state index in [4.69, 9.17) is 0 Å². The fourth-order valence-electron chi connectivity index (χ4n) is 1.12. The third kappa shape index (κ3) is 3.65. The minimum absolute atomic E-state index is 0.0436. The lowest BCUT2D eigenvalue weighted by Gasteiger charge is -2.10. The Kier molecular flexibility index (Phi) is 3.53. The first-order valence-electron chi connectivity index (χ1n) is 4.99. The average Bonchev–Trinajstić information content (AvgIpc) is 2.84. The van der Waals surface area contributed by atoms with Gasteiger partial charge in [0.25, 0.3) is 0 Å². The lowest BCUT2D eigenvalue weighted by atomic mass is 10.2. The summed E-state index contributed by atoms with van der Waals surface area (Å²) in [5.41, 5.74) is 0. The molecule has 1 amide bonds. The molecule has 0 bridgehead atoms. The van der Waals surface area contributed by atoms with Gasteiger partial charge in [-0.15, -0.1) is 0 Å². The van der Waals surface area contributed by atoms with Crippen LogP contribution in [0.5, 0.6) is 0 Å². The standard InChI is InChI=1S/C9H17NO3S/c1-3-7(2)6-14(12,13)10-9(11)8-4-5-8/h7-8H,3-6H2,1-2H3,(H,10,11)/t7-/m0/s1. The molecule has 0 heterocycles. The number of hydrogen-bond donors (Lipinski definition) is 1. The van der Waals surface area contributed by atoms with Gasteiger partial charge in [-0.05, 0) is 18.8 Å². The van der Waals surface area contributed by atoms with Crippen LogP contribution in [0.1, 0.15) is 33.1 Å². The molecular weight excluding hydrogens is 202 g/mol. The number of sulfonamides is 1. The summed E-state index contributed by atoms with van der Waals surface area (Å²) in [6, 6.07) is 0. The first-order chi connectivity index (χ1) is 6.44. The largest absolute Gasteiger partial charge is 0.274 e. The number of rotatable bonds is 5. The van der Waals surface area contributed by atoms with E-state index in [1.165, 1.54) is 0 Å². The number of carbonyl (C=O) groups is 1. The van der Waals surface area contributed by atoms with Crippen molar-refractivity contribution in [2.45, 2.75) is 33.1 Å². The summed E-state index contributed by atoms with van der Waals surface area (Å²) in [7, 11) is -3.40. The van der Waals surface area contributed by atoms with E-state index in [0.29, 0.717) is 0 Å². The van der Waals surface area contributed by atoms with Crippen LogP contribution in [0.2, 0.25) is 0 Å². The van der Waals surface area contributed by atoms with Gasteiger partial charge in [0.05, 0.1) is 5.75 Å². The van der Waals surface area contributed by atoms with Gasteiger partial charge < -0.3 is 0 Å². The molecule has 0 spiro atoms. The normalized spacial score (nSPS) is 19.0. The predicted molar refractivity (Wildman–Crippen MR) is 54.1 cm³/mol. The van der Waals surface area contributed by atoms with Gasteiger partial charge in [0.2, 0.25) is 15.9 Å². The van der Waals surface area contributed by atoms with E-state index in [1.54, 1.807) is 0 Å². The Morgan fingerprint density at radius 1 is 1.50 bits per heavy atom. The monoisotopic (exact) mass is 219 g/mol. The number of hydrogen-bond acceptors (Lipinski definition) is 3. The predicted octanol–water partition coefficient (Wildman–Crippen LogP) is 0.889. The van der Waals surface area contributed by atoms with Crippen molar-refractivity contribution in [1.82, 2.24) is 4.72 Å². The molecule has 0 saturated heterocycles. The molecule has 1 atom stereocenters. The van der Waals surface area contributed by atoms with E-state index in [0.717, 1.165) is 19.3 Å². The summed E-state index contributed by atoms with van der Waals surface area (Å²) < 4.78 is 24.9. The van der Waals surface area contributed by atoms with Gasteiger partial charge in [0.1, 0.15) is 0 Å². The molecule has 14 heavy (non-hydrogen) atoms. The van der Waals surface area contributed by atoms with Gasteiger partial charge >= 0.3 is 0 Å². The van der Waals surface area contributed by atoms with Crippen LogP contribution >= 0.6 is 0 Å². The minimum atomic E-state index is -3.40. The van der Waals surface area contributed by atoms with Gasteiger partial charge in [-0.2, -0.15) is 0 Å². The fraction of sp³-hybridized carbons (Fsp3) is 0.889. The summed E-state index contributed by atoms with van der Waals surface area (Å²) >= 11 is 0. The Morgan fingerprint density at radius 2 is 2.07 bits per heavy atom. The molecule has 1 aliphatic carbocycles. The van der Waals surface area contributed by atoms with E-state index in [9.17, 15) is 13.2 Å². The summed E-state index contributed by atoms with van der Waals surface area (Å²) in [4.78, 5) is 11.2. The van der Waals surface area contributed by atoms with Gasteiger partial charge in [-0.25, -0.2) is 8.42 Å². The molecule has 0 aromatic rings. The van der Waals surface area contributed by atoms with E-state index >= 15 is 0 Å². The van der Waals surface area contributed by atoms with Crippen molar-refractivity contribution in [3.8, 4) is 0 Å². The third-order valence-electron chi connectivity index (χ3n) is 2.41. The van der Waals surface area contributed by atoms with Crippen LogP contribution < -0.4 is 4.72 Å². The van der Waals surface area contributed by atoms with E-state index < -0.39 is 10.0 Å². The highest BCUT2D eigenvalue weighted by Crippen LogP contribution is 2.29. The summed E-state index contributed by atoms with van der Waals surface area (Å²) in [6.07, 6.45) is 2.45. The maximum Gasteiger partial charge on any atom is 0.236 e. The van der Waals surface area contributed by atoms with Crippen molar-refractivity contribution < 1.29 is 13.2 Å². The molecule has 4 nitrogen and oxygen atoms in total. The summed E-state index contributed by atoms with van der Waals surface area (Å²) in [6.45, 7) is 3.80. The second-order valence-corrected chi connectivity index (χ2v) is 5.80. The van der Waals surface area contributed by atoms with Crippen molar-refractivity contribution in [2.75, 3.05) is 5.75 Å². The van der Waals surface area contributed by atoms with Crippen molar-refractivity contribution in [3.63, 3.8) is 0 Å². The average molecular weight is 219 g/mol. The number of amides is 1. The molecule has 1 N–H and O–H groups in total. The molecule has 1 fully saturated rings. The highest BCUT2D eigenvalue weighted by atomic mass is 32.2. The lowest BCUT2D eigenvalue weighted by Crippen LogP contribution is -2.35. The molecule has 0 aromatic heterocycles. The van der Waals surface area contributed by atoms with Crippen LogP contribution in [0, 0.1) is 11.8 Å². The van der Waals surface area contributed by atoms with Crippen molar-refractivity contribution in [3.05, 3.63) is 0 Å². The summed E-state index contributed by atoms with van der Waals surface area (Å²) in [5.74, 6) is -0.239. The smallest absolute Gasteiger partial charge is 0.236 e. The lowest BCUT2D eigenvalue weighted by molar-refractivity contribution is -0.120. The van der Waals surface area contributed by atoms with Crippen LogP contribution in [0.3, 0.4) is 0 Å². The maximum absolute atomic E-state index is 11.4. The molecule has 1 aliphatic rings. The fourth-order valence-corrected chi connectivity index (χ4v) is 2.66. The highest BCUT2D eigenvalue weighted by Gasteiger charge is 2.32. The van der Waals surface area contributed by atoms with Crippen molar-refractivity contribution >= 4 is 15.9 Å². The molecule has 1 rings (SSSR count). The molecular formula is C9H17NO3S. The Hall–Kier alpha value is -0.580. The molecule has 0 aromatic carbocycles. The zero-order valence-corrected chi connectivity index (χ0v) is 9.43. The second-order valence-electron chi connectivity index (χ2n) is 4.04. The summed E-state index contributed by atoms with van der Waals surface area (Å²) in [5, 5.41) is 0. The molecule has 5 heteroatoms. The van der Waals surface area contributed by atoms with Crippen molar-refractivity contribution in [2.24, 2.45) is 11.8 Å². The number of carbonyl (C=O) groups excluding carboxylic acids is 1. The highest BCUT2D eigenvalue weighted by molar-refractivity contribution is 7.90. The Labute approximate surface area is 85.1 Å². The third-order valence-corrected chi connectivity index (χ3v) is 3.93.